The van der Waals surface area contributed by atoms with E-state index in [-0.39, 0.29) is 0 Å². The average Bonchev–Trinajstić information content (AvgIpc) is 2.90. The summed E-state index contributed by atoms with van der Waals surface area (Å²) in [7, 11) is 0. The van der Waals surface area contributed by atoms with Crippen LogP contribution in [0.15, 0.2) is 42.7 Å². The van der Waals surface area contributed by atoms with Crippen molar-refractivity contribution in [2.24, 2.45) is 0 Å². The van der Waals surface area contributed by atoms with Crippen molar-refractivity contribution in [2.75, 3.05) is 0 Å². The number of hydrogen-bond donors (Lipinski definition) is 0. The molecule has 1 aromatic carbocycles. The maximum absolute atomic E-state index is 5.97. The molecule has 0 fully saturated rings. The third kappa shape index (κ3) is 2.92. The Balaban J connectivity index is 2.08. The second-order valence-electron chi connectivity index (χ2n) is 5.55. The molecule has 0 aliphatic heterocycles. The third-order valence-electron chi connectivity index (χ3n) is 3.62. The molecular formula is C18H17ClN2S. The molecule has 0 spiro atoms. The van der Waals surface area contributed by atoms with Gasteiger partial charge in [0.25, 0.3) is 0 Å². The summed E-state index contributed by atoms with van der Waals surface area (Å²) in [5, 5.41) is 1.77. The van der Waals surface area contributed by atoms with Crippen LogP contribution in [0.2, 0.25) is 5.02 Å². The highest BCUT2D eigenvalue weighted by atomic mass is 35.5. The van der Waals surface area contributed by atoms with Gasteiger partial charge in [0.05, 0.1) is 5.69 Å². The molecule has 22 heavy (non-hydrogen) atoms. The Hall–Kier alpha value is -1.71. The third-order valence-corrected chi connectivity index (χ3v) is 4.88. The van der Waals surface area contributed by atoms with E-state index in [2.05, 4.69) is 31.8 Å². The zero-order chi connectivity index (χ0) is 15.7. The molecule has 2 aromatic heterocycles. The highest BCUT2D eigenvalue weighted by Gasteiger charge is 2.15. The lowest BCUT2D eigenvalue weighted by Gasteiger charge is -2.09. The molecule has 0 saturated carbocycles. The van der Waals surface area contributed by atoms with Gasteiger partial charge in [-0.15, -0.1) is 11.3 Å². The van der Waals surface area contributed by atoms with E-state index in [9.17, 15) is 0 Å². The topological polar surface area (TPSA) is 25.8 Å². The van der Waals surface area contributed by atoms with Crippen LogP contribution in [0.5, 0.6) is 0 Å². The first-order valence-electron chi connectivity index (χ1n) is 7.24. The number of hydrogen-bond acceptors (Lipinski definition) is 3. The number of benzene rings is 1. The molecule has 0 unspecified atom stereocenters. The molecular weight excluding hydrogens is 312 g/mol. The van der Waals surface area contributed by atoms with Crippen LogP contribution in [-0.4, -0.2) is 9.97 Å². The summed E-state index contributed by atoms with van der Waals surface area (Å²) in [6, 6.07) is 9.91. The number of halogens is 1. The Morgan fingerprint density at radius 2 is 1.82 bits per heavy atom. The monoisotopic (exact) mass is 328 g/mol. The lowest BCUT2D eigenvalue weighted by atomic mass is 10.00. The van der Waals surface area contributed by atoms with Crippen molar-refractivity contribution in [3.63, 3.8) is 0 Å². The molecule has 2 heterocycles. The van der Waals surface area contributed by atoms with Crippen molar-refractivity contribution in [3.05, 3.63) is 58.2 Å². The predicted octanol–water partition coefficient (Wildman–Crippen LogP) is 5.96. The van der Waals surface area contributed by atoms with Gasteiger partial charge < -0.3 is 0 Å². The quantitative estimate of drug-likeness (QED) is 0.593. The standard InChI is InChI=1S/C18H17ClN2S/c1-11(2)15-8-9-20-10-16(15)18-21-17(12(3)22-18)13-4-6-14(19)7-5-13/h4-11H,1-3H3. The highest BCUT2D eigenvalue weighted by molar-refractivity contribution is 7.15. The Morgan fingerprint density at radius 1 is 1.09 bits per heavy atom. The Bertz CT molecular complexity index is 791. The van der Waals surface area contributed by atoms with Crippen LogP contribution >= 0.6 is 22.9 Å². The molecule has 0 N–H and O–H groups in total. The van der Waals surface area contributed by atoms with E-state index in [0.29, 0.717) is 5.92 Å². The Labute approximate surface area is 139 Å². The summed E-state index contributed by atoms with van der Waals surface area (Å²) < 4.78 is 0. The van der Waals surface area contributed by atoms with Gasteiger partial charge in [0.1, 0.15) is 5.01 Å². The molecule has 3 aromatic rings. The minimum Gasteiger partial charge on any atom is -0.264 e. The van der Waals surface area contributed by atoms with E-state index in [4.69, 9.17) is 16.6 Å². The Morgan fingerprint density at radius 3 is 2.50 bits per heavy atom. The molecule has 0 bridgehead atoms. The van der Waals surface area contributed by atoms with Gasteiger partial charge in [-0.05, 0) is 36.6 Å². The van der Waals surface area contributed by atoms with Crippen molar-refractivity contribution >= 4 is 22.9 Å². The van der Waals surface area contributed by atoms with Gasteiger partial charge in [-0.3, -0.25) is 4.98 Å². The van der Waals surface area contributed by atoms with Gasteiger partial charge in [0.15, 0.2) is 0 Å². The first-order chi connectivity index (χ1) is 10.6. The summed E-state index contributed by atoms with van der Waals surface area (Å²) in [5.41, 5.74) is 4.53. The molecule has 0 aliphatic rings. The predicted molar refractivity (Wildman–Crippen MR) is 94.6 cm³/mol. The van der Waals surface area contributed by atoms with Crippen LogP contribution in [-0.2, 0) is 0 Å². The van der Waals surface area contributed by atoms with Gasteiger partial charge in [-0.1, -0.05) is 37.6 Å². The van der Waals surface area contributed by atoms with E-state index in [1.807, 2.05) is 36.7 Å². The number of aromatic nitrogens is 2. The van der Waals surface area contributed by atoms with Crippen LogP contribution in [0.1, 0.15) is 30.2 Å². The Kier molecular flexibility index (Phi) is 4.27. The highest BCUT2D eigenvalue weighted by Crippen LogP contribution is 2.36. The van der Waals surface area contributed by atoms with Crippen LogP contribution in [0.4, 0.5) is 0 Å². The smallest absolute Gasteiger partial charge is 0.126 e. The number of pyridine rings is 1. The summed E-state index contributed by atoms with van der Waals surface area (Å²) in [6.45, 7) is 6.50. The van der Waals surface area contributed by atoms with Crippen LogP contribution in [0.25, 0.3) is 21.8 Å². The zero-order valence-corrected chi connectivity index (χ0v) is 14.4. The van der Waals surface area contributed by atoms with Gasteiger partial charge >= 0.3 is 0 Å². The fraction of sp³-hybridized carbons (Fsp3) is 0.222. The number of rotatable bonds is 3. The number of aryl methyl sites for hydroxylation is 1. The van der Waals surface area contributed by atoms with Crippen LogP contribution in [0.3, 0.4) is 0 Å². The molecule has 0 amide bonds. The maximum Gasteiger partial charge on any atom is 0.126 e. The van der Waals surface area contributed by atoms with Crippen molar-refractivity contribution < 1.29 is 0 Å². The van der Waals surface area contributed by atoms with Crippen molar-refractivity contribution in [1.82, 2.24) is 9.97 Å². The molecule has 2 nitrogen and oxygen atoms in total. The van der Waals surface area contributed by atoms with Gasteiger partial charge in [-0.2, -0.15) is 0 Å². The van der Waals surface area contributed by atoms with Crippen molar-refractivity contribution in [3.8, 4) is 21.8 Å². The minimum atomic E-state index is 0.446. The van der Waals surface area contributed by atoms with Gasteiger partial charge in [-0.25, -0.2) is 4.98 Å². The summed E-state index contributed by atoms with van der Waals surface area (Å²) in [5.74, 6) is 0.446. The molecule has 4 heteroatoms. The molecule has 0 aliphatic carbocycles. The fourth-order valence-electron chi connectivity index (χ4n) is 2.47. The van der Waals surface area contributed by atoms with E-state index in [1.165, 1.54) is 10.4 Å². The fourth-order valence-corrected chi connectivity index (χ4v) is 3.57. The van der Waals surface area contributed by atoms with Gasteiger partial charge in [0.2, 0.25) is 0 Å². The van der Waals surface area contributed by atoms with E-state index in [0.717, 1.165) is 26.9 Å². The van der Waals surface area contributed by atoms with Crippen LogP contribution < -0.4 is 0 Å². The van der Waals surface area contributed by atoms with Crippen molar-refractivity contribution in [1.29, 1.82) is 0 Å². The van der Waals surface area contributed by atoms with E-state index in [1.54, 1.807) is 11.3 Å². The normalized spacial score (nSPS) is 11.1. The first kappa shape index (κ1) is 15.2. The first-order valence-corrected chi connectivity index (χ1v) is 8.43. The molecule has 3 rings (SSSR count). The molecule has 0 saturated heterocycles. The second-order valence-corrected chi connectivity index (χ2v) is 7.19. The second kappa shape index (κ2) is 6.19. The summed E-state index contributed by atoms with van der Waals surface area (Å²) in [6.07, 6.45) is 3.76. The molecule has 0 atom stereocenters. The minimum absolute atomic E-state index is 0.446. The zero-order valence-electron chi connectivity index (χ0n) is 12.8. The molecule has 0 radical (unpaired) electrons. The van der Waals surface area contributed by atoms with Crippen molar-refractivity contribution in [2.45, 2.75) is 26.7 Å². The maximum atomic E-state index is 5.97. The number of thiazole rings is 1. The van der Waals surface area contributed by atoms with Gasteiger partial charge in [0, 0.05) is 33.4 Å². The van der Waals surface area contributed by atoms with E-state index < -0.39 is 0 Å². The lowest BCUT2D eigenvalue weighted by Crippen LogP contribution is -1.93. The summed E-state index contributed by atoms with van der Waals surface area (Å²) in [4.78, 5) is 10.3. The lowest BCUT2D eigenvalue weighted by molar-refractivity contribution is 0.865. The van der Waals surface area contributed by atoms with Crippen LogP contribution in [0, 0.1) is 6.92 Å². The molecule has 112 valence electrons. The average molecular weight is 329 g/mol. The van der Waals surface area contributed by atoms with E-state index >= 15 is 0 Å². The number of nitrogens with zero attached hydrogens (tertiary/aromatic N) is 2. The summed E-state index contributed by atoms with van der Waals surface area (Å²) >= 11 is 7.68. The SMILES string of the molecule is Cc1sc(-c2cnccc2C(C)C)nc1-c1ccc(Cl)cc1. The largest absolute Gasteiger partial charge is 0.264 e.